The van der Waals surface area contributed by atoms with Crippen LogP contribution in [-0.2, 0) is 14.3 Å². The smallest absolute Gasteiger partial charge is 0.344 e. The van der Waals surface area contributed by atoms with Crippen molar-refractivity contribution in [1.82, 2.24) is 0 Å². The minimum Gasteiger partial charge on any atom is -0.497 e. The zero-order valence-electron chi connectivity index (χ0n) is 13.9. The van der Waals surface area contributed by atoms with E-state index in [1.165, 1.54) is 0 Å². The highest BCUT2D eigenvalue weighted by Crippen LogP contribution is 2.20. The van der Waals surface area contributed by atoms with Crippen molar-refractivity contribution >= 4 is 29.2 Å². The van der Waals surface area contributed by atoms with E-state index in [9.17, 15) is 9.59 Å². The molecule has 25 heavy (non-hydrogen) atoms. The first-order valence-corrected chi connectivity index (χ1v) is 7.84. The molecule has 2 aromatic rings. The number of amides is 1. The van der Waals surface area contributed by atoms with E-state index in [4.69, 9.17) is 25.8 Å². The van der Waals surface area contributed by atoms with Gasteiger partial charge in [-0.2, -0.15) is 0 Å². The summed E-state index contributed by atoms with van der Waals surface area (Å²) < 4.78 is 15.2. The summed E-state index contributed by atoms with van der Waals surface area (Å²) in [6.45, 7) is 1.13. The second-order valence-corrected chi connectivity index (χ2v) is 5.57. The fraction of sp³-hybridized carbons (Fsp3) is 0.222. The van der Waals surface area contributed by atoms with Crippen molar-refractivity contribution in [2.45, 2.75) is 6.92 Å². The lowest BCUT2D eigenvalue weighted by molar-refractivity contribution is -0.149. The molecular weight excluding hydrogens is 346 g/mol. The molecule has 0 saturated heterocycles. The lowest BCUT2D eigenvalue weighted by Crippen LogP contribution is -2.24. The van der Waals surface area contributed by atoms with Gasteiger partial charge in [-0.3, -0.25) is 4.79 Å². The van der Waals surface area contributed by atoms with Gasteiger partial charge in [0.25, 0.3) is 5.91 Å². The number of methoxy groups -OCH3 is 1. The number of benzene rings is 2. The summed E-state index contributed by atoms with van der Waals surface area (Å²) in [4.78, 5) is 23.5. The van der Waals surface area contributed by atoms with Crippen LogP contribution in [0.3, 0.4) is 0 Å². The molecule has 7 heteroatoms. The SMILES string of the molecule is COc1ccc(OCC(=O)OCC(=O)Nc2cc(Cl)ccc2C)cc1. The predicted molar refractivity (Wildman–Crippen MR) is 94.3 cm³/mol. The van der Waals surface area contributed by atoms with Gasteiger partial charge >= 0.3 is 5.97 Å². The first kappa shape index (κ1) is 18.6. The molecule has 1 amide bonds. The summed E-state index contributed by atoms with van der Waals surface area (Å²) in [6.07, 6.45) is 0. The average Bonchev–Trinajstić information content (AvgIpc) is 2.61. The van der Waals surface area contributed by atoms with Gasteiger partial charge in [-0.1, -0.05) is 17.7 Å². The number of carbonyl (C=O) groups excluding carboxylic acids is 2. The molecule has 0 spiro atoms. The number of nitrogens with one attached hydrogen (secondary N) is 1. The third-order valence-corrected chi connectivity index (χ3v) is 3.49. The Morgan fingerprint density at radius 3 is 2.40 bits per heavy atom. The second-order valence-electron chi connectivity index (χ2n) is 5.13. The molecule has 0 saturated carbocycles. The topological polar surface area (TPSA) is 73.9 Å². The molecule has 132 valence electrons. The Bertz CT molecular complexity index is 746. The molecular formula is C18H18ClNO5. The van der Waals surface area contributed by atoms with Gasteiger partial charge in [0, 0.05) is 10.7 Å². The highest BCUT2D eigenvalue weighted by Gasteiger charge is 2.10. The van der Waals surface area contributed by atoms with Crippen molar-refractivity contribution < 1.29 is 23.8 Å². The molecule has 6 nitrogen and oxygen atoms in total. The fourth-order valence-corrected chi connectivity index (χ4v) is 2.09. The Morgan fingerprint density at radius 2 is 1.72 bits per heavy atom. The van der Waals surface area contributed by atoms with Crippen LogP contribution in [-0.4, -0.2) is 32.2 Å². The van der Waals surface area contributed by atoms with Crippen molar-refractivity contribution in [2.24, 2.45) is 0 Å². The number of rotatable bonds is 7. The van der Waals surface area contributed by atoms with Crippen LogP contribution in [0, 0.1) is 6.92 Å². The van der Waals surface area contributed by atoms with Gasteiger partial charge in [-0.25, -0.2) is 4.79 Å². The summed E-state index contributed by atoms with van der Waals surface area (Å²) >= 11 is 5.89. The van der Waals surface area contributed by atoms with E-state index in [-0.39, 0.29) is 6.61 Å². The van der Waals surface area contributed by atoms with Crippen LogP contribution in [0.25, 0.3) is 0 Å². The van der Waals surface area contributed by atoms with Crippen LogP contribution >= 0.6 is 11.6 Å². The Kier molecular flexibility index (Phi) is 6.65. The van der Waals surface area contributed by atoms with Gasteiger partial charge in [0.2, 0.25) is 0 Å². The number of esters is 1. The normalized spacial score (nSPS) is 10.0. The molecule has 0 aliphatic heterocycles. The molecule has 0 radical (unpaired) electrons. The molecule has 0 bridgehead atoms. The van der Waals surface area contributed by atoms with Crippen molar-refractivity contribution in [3.63, 3.8) is 0 Å². The number of aryl methyl sites for hydroxylation is 1. The highest BCUT2D eigenvalue weighted by atomic mass is 35.5. The Morgan fingerprint density at radius 1 is 1.04 bits per heavy atom. The van der Waals surface area contributed by atoms with Crippen LogP contribution in [0.4, 0.5) is 5.69 Å². The van der Waals surface area contributed by atoms with Gasteiger partial charge in [-0.05, 0) is 48.9 Å². The second kappa shape index (κ2) is 8.94. The number of ether oxygens (including phenoxy) is 3. The molecule has 0 unspecified atom stereocenters. The van der Waals surface area contributed by atoms with E-state index in [0.717, 1.165) is 5.56 Å². The van der Waals surface area contributed by atoms with Crippen molar-refractivity contribution in [1.29, 1.82) is 0 Å². The number of halogens is 1. The quantitative estimate of drug-likeness (QED) is 0.764. The van der Waals surface area contributed by atoms with Crippen LogP contribution in [0.2, 0.25) is 5.02 Å². The Labute approximate surface area is 150 Å². The molecule has 0 fully saturated rings. The lowest BCUT2D eigenvalue weighted by Gasteiger charge is -2.10. The van der Waals surface area contributed by atoms with Crippen molar-refractivity contribution in [2.75, 3.05) is 25.6 Å². The highest BCUT2D eigenvalue weighted by molar-refractivity contribution is 6.31. The van der Waals surface area contributed by atoms with Crippen molar-refractivity contribution in [3.05, 3.63) is 53.1 Å². The van der Waals surface area contributed by atoms with E-state index < -0.39 is 18.5 Å². The van der Waals surface area contributed by atoms with E-state index in [0.29, 0.717) is 22.2 Å². The van der Waals surface area contributed by atoms with Gasteiger partial charge in [-0.15, -0.1) is 0 Å². The van der Waals surface area contributed by atoms with Crippen LogP contribution in [0.15, 0.2) is 42.5 Å². The van der Waals surface area contributed by atoms with E-state index >= 15 is 0 Å². The summed E-state index contributed by atoms with van der Waals surface area (Å²) in [7, 11) is 1.56. The minimum atomic E-state index is -0.645. The molecule has 0 atom stereocenters. The van der Waals surface area contributed by atoms with Crippen LogP contribution in [0.1, 0.15) is 5.56 Å². The maximum Gasteiger partial charge on any atom is 0.344 e. The van der Waals surface area contributed by atoms with Crippen molar-refractivity contribution in [3.8, 4) is 11.5 Å². The standard InChI is InChI=1S/C18H18ClNO5/c1-12-3-4-13(19)9-16(12)20-17(21)10-25-18(22)11-24-15-7-5-14(23-2)6-8-15/h3-9H,10-11H2,1-2H3,(H,20,21). The Hall–Kier alpha value is -2.73. The molecule has 1 N–H and O–H groups in total. The van der Waals surface area contributed by atoms with Gasteiger partial charge < -0.3 is 19.5 Å². The maximum atomic E-state index is 11.8. The van der Waals surface area contributed by atoms with Gasteiger partial charge in [0.1, 0.15) is 11.5 Å². The molecule has 0 aliphatic rings. The van der Waals surface area contributed by atoms with Crippen LogP contribution in [0.5, 0.6) is 11.5 Å². The average molecular weight is 364 g/mol. The predicted octanol–water partition coefficient (Wildman–Crippen LogP) is 3.22. The number of hydrogen-bond acceptors (Lipinski definition) is 5. The summed E-state index contributed by atoms with van der Waals surface area (Å²) in [5.41, 5.74) is 1.43. The summed E-state index contributed by atoms with van der Waals surface area (Å²) in [5, 5.41) is 3.14. The minimum absolute atomic E-state index is 0.296. The maximum absolute atomic E-state index is 11.8. The molecule has 2 aromatic carbocycles. The molecule has 0 heterocycles. The first-order chi connectivity index (χ1) is 12.0. The zero-order valence-corrected chi connectivity index (χ0v) is 14.6. The number of anilines is 1. The number of carbonyl (C=O) groups is 2. The Balaban J connectivity index is 1.75. The first-order valence-electron chi connectivity index (χ1n) is 7.46. The molecule has 0 aliphatic carbocycles. The lowest BCUT2D eigenvalue weighted by atomic mass is 10.2. The van der Waals surface area contributed by atoms with E-state index in [1.807, 2.05) is 6.92 Å². The summed E-state index contributed by atoms with van der Waals surface area (Å²) in [6, 6.07) is 11.9. The molecule has 2 rings (SSSR count). The van der Waals surface area contributed by atoms with Crippen LogP contribution < -0.4 is 14.8 Å². The monoisotopic (exact) mass is 363 g/mol. The third-order valence-electron chi connectivity index (χ3n) is 3.25. The summed E-state index contributed by atoms with van der Waals surface area (Å²) in [5.74, 6) is 0.0802. The zero-order chi connectivity index (χ0) is 18.2. The van der Waals surface area contributed by atoms with E-state index in [2.05, 4.69) is 5.32 Å². The van der Waals surface area contributed by atoms with E-state index in [1.54, 1.807) is 49.6 Å². The fourth-order valence-electron chi connectivity index (χ4n) is 1.92. The largest absolute Gasteiger partial charge is 0.497 e. The van der Waals surface area contributed by atoms with Gasteiger partial charge in [0.15, 0.2) is 13.2 Å². The number of hydrogen-bond donors (Lipinski definition) is 1. The third kappa shape index (κ3) is 6.00. The van der Waals surface area contributed by atoms with Gasteiger partial charge in [0.05, 0.1) is 7.11 Å². The molecule has 0 aromatic heterocycles.